The van der Waals surface area contributed by atoms with Gasteiger partial charge in [0.05, 0.1) is 12.2 Å². The minimum absolute atomic E-state index is 0.128. The molecule has 0 spiro atoms. The summed E-state index contributed by atoms with van der Waals surface area (Å²) < 4.78 is 0.947. The zero-order chi connectivity index (χ0) is 16.8. The Hall–Kier alpha value is -2.66. The number of carbonyl (C=O) groups excluding carboxylic acids is 1. The van der Waals surface area contributed by atoms with Gasteiger partial charge in [0.1, 0.15) is 0 Å². The number of amides is 1. The van der Waals surface area contributed by atoms with E-state index in [-0.39, 0.29) is 5.91 Å². The molecule has 0 atom stereocenters. The second kappa shape index (κ2) is 7.75. The van der Waals surface area contributed by atoms with Gasteiger partial charge in [-0.15, -0.1) is 0 Å². The van der Waals surface area contributed by atoms with Crippen LogP contribution < -0.4 is 10.6 Å². The zero-order valence-electron chi connectivity index (χ0n) is 12.9. The van der Waals surface area contributed by atoms with Gasteiger partial charge >= 0.3 is 0 Å². The minimum atomic E-state index is -0.128. The van der Waals surface area contributed by atoms with E-state index in [9.17, 15) is 4.79 Å². The molecule has 0 aliphatic heterocycles. The third-order valence-corrected chi connectivity index (χ3v) is 3.98. The molecule has 5 heteroatoms. The molecule has 0 aliphatic carbocycles. The van der Waals surface area contributed by atoms with Gasteiger partial charge in [0, 0.05) is 27.6 Å². The third kappa shape index (κ3) is 4.43. The van der Waals surface area contributed by atoms with Crippen LogP contribution >= 0.6 is 15.9 Å². The van der Waals surface area contributed by atoms with E-state index in [1.165, 1.54) is 0 Å². The van der Waals surface area contributed by atoms with Gasteiger partial charge in [-0.1, -0.05) is 22.0 Å². The van der Waals surface area contributed by atoms with Gasteiger partial charge in [-0.2, -0.15) is 0 Å². The van der Waals surface area contributed by atoms with Crippen LogP contribution in [0.25, 0.3) is 0 Å². The van der Waals surface area contributed by atoms with Crippen molar-refractivity contribution in [1.82, 2.24) is 4.98 Å². The molecule has 4 nitrogen and oxygen atoms in total. The van der Waals surface area contributed by atoms with E-state index in [2.05, 4.69) is 31.5 Å². The van der Waals surface area contributed by atoms with E-state index in [4.69, 9.17) is 0 Å². The normalized spacial score (nSPS) is 10.2. The Morgan fingerprint density at radius 1 is 0.917 bits per heavy atom. The summed E-state index contributed by atoms with van der Waals surface area (Å²) in [5.74, 6) is -0.128. The van der Waals surface area contributed by atoms with Gasteiger partial charge in [0.25, 0.3) is 5.91 Å². The van der Waals surface area contributed by atoms with Crippen LogP contribution in [0, 0.1) is 0 Å². The van der Waals surface area contributed by atoms with Crippen molar-refractivity contribution in [3.63, 3.8) is 0 Å². The number of anilines is 2. The summed E-state index contributed by atoms with van der Waals surface area (Å²) in [5.41, 5.74) is 3.33. The summed E-state index contributed by atoms with van der Waals surface area (Å²) >= 11 is 3.36. The van der Waals surface area contributed by atoms with E-state index in [1.807, 2.05) is 54.6 Å². The molecule has 120 valence electrons. The van der Waals surface area contributed by atoms with Crippen molar-refractivity contribution < 1.29 is 4.79 Å². The van der Waals surface area contributed by atoms with Gasteiger partial charge < -0.3 is 10.6 Å². The number of rotatable bonds is 5. The molecule has 3 aromatic rings. The van der Waals surface area contributed by atoms with Gasteiger partial charge in [0.2, 0.25) is 0 Å². The summed E-state index contributed by atoms with van der Waals surface area (Å²) in [7, 11) is 0. The van der Waals surface area contributed by atoms with Crippen molar-refractivity contribution in [3.8, 4) is 0 Å². The molecule has 0 bridgehead atoms. The highest BCUT2D eigenvalue weighted by molar-refractivity contribution is 9.10. The average molecular weight is 382 g/mol. The Morgan fingerprint density at radius 3 is 2.29 bits per heavy atom. The van der Waals surface area contributed by atoms with Gasteiger partial charge in [-0.3, -0.25) is 9.78 Å². The van der Waals surface area contributed by atoms with Gasteiger partial charge in [-0.25, -0.2) is 0 Å². The average Bonchev–Trinajstić information content (AvgIpc) is 2.62. The molecule has 0 radical (unpaired) electrons. The van der Waals surface area contributed by atoms with Crippen LogP contribution in [0.4, 0.5) is 11.4 Å². The van der Waals surface area contributed by atoms with Crippen LogP contribution in [0.5, 0.6) is 0 Å². The molecule has 0 saturated heterocycles. The van der Waals surface area contributed by atoms with Crippen LogP contribution in [0.2, 0.25) is 0 Å². The van der Waals surface area contributed by atoms with E-state index in [0.29, 0.717) is 12.1 Å². The van der Waals surface area contributed by atoms with Crippen molar-refractivity contribution in [3.05, 3.63) is 88.7 Å². The summed E-state index contributed by atoms with van der Waals surface area (Å²) in [4.78, 5) is 16.4. The van der Waals surface area contributed by atoms with Crippen LogP contribution in [0.1, 0.15) is 16.1 Å². The molecule has 2 N–H and O–H groups in total. The molecule has 1 heterocycles. The maximum Gasteiger partial charge on any atom is 0.255 e. The van der Waals surface area contributed by atoms with Crippen molar-refractivity contribution in [2.45, 2.75) is 6.54 Å². The first-order valence-electron chi connectivity index (χ1n) is 7.51. The first-order valence-corrected chi connectivity index (χ1v) is 8.31. The van der Waals surface area contributed by atoms with E-state index in [1.54, 1.807) is 18.3 Å². The SMILES string of the molecule is O=C(Nc1ccc(NCc2ccccn2)cc1)c1ccc(Br)cc1. The summed E-state index contributed by atoms with van der Waals surface area (Å²) in [6.07, 6.45) is 1.78. The fourth-order valence-electron chi connectivity index (χ4n) is 2.17. The molecular formula is C19H16BrN3O. The van der Waals surface area contributed by atoms with Crippen molar-refractivity contribution in [1.29, 1.82) is 0 Å². The van der Waals surface area contributed by atoms with Crippen molar-refractivity contribution in [2.75, 3.05) is 10.6 Å². The predicted octanol–water partition coefficient (Wildman–Crippen LogP) is 4.71. The van der Waals surface area contributed by atoms with Crippen LogP contribution in [0.15, 0.2) is 77.4 Å². The highest BCUT2D eigenvalue weighted by Crippen LogP contribution is 2.16. The number of aromatic nitrogens is 1. The Balaban J connectivity index is 1.58. The molecule has 0 unspecified atom stereocenters. The van der Waals surface area contributed by atoms with Crippen LogP contribution in [0.3, 0.4) is 0 Å². The lowest BCUT2D eigenvalue weighted by molar-refractivity contribution is 0.102. The molecule has 24 heavy (non-hydrogen) atoms. The molecule has 0 saturated carbocycles. The molecular weight excluding hydrogens is 366 g/mol. The van der Waals surface area contributed by atoms with Crippen LogP contribution in [-0.4, -0.2) is 10.9 Å². The van der Waals surface area contributed by atoms with Crippen molar-refractivity contribution in [2.24, 2.45) is 0 Å². The fourth-order valence-corrected chi connectivity index (χ4v) is 2.44. The first-order chi connectivity index (χ1) is 11.7. The minimum Gasteiger partial charge on any atom is -0.379 e. The van der Waals surface area contributed by atoms with Gasteiger partial charge in [0.15, 0.2) is 0 Å². The molecule has 3 rings (SSSR count). The van der Waals surface area contributed by atoms with Crippen LogP contribution in [-0.2, 0) is 6.54 Å². The molecule has 2 aromatic carbocycles. The number of benzene rings is 2. The summed E-state index contributed by atoms with van der Waals surface area (Å²) in [6.45, 7) is 0.658. The highest BCUT2D eigenvalue weighted by Gasteiger charge is 2.05. The second-order valence-electron chi connectivity index (χ2n) is 5.21. The lowest BCUT2D eigenvalue weighted by Crippen LogP contribution is -2.11. The molecule has 0 fully saturated rings. The lowest BCUT2D eigenvalue weighted by Gasteiger charge is -2.08. The number of hydrogen-bond acceptors (Lipinski definition) is 3. The third-order valence-electron chi connectivity index (χ3n) is 3.45. The number of pyridine rings is 1. The number of carbonyl (C=O) groups is 1. The smallest absolute Gasteiger partial charge is 0.255 e. The largest absolute Gasteiger partial charge is 0.379 e. The standard InChI is InChI=1S/C19H16BrN3O/c20-15-6-4-14(5-7-15)19(24)23-17-10-8-16(9-11-17)22-13-18-3-1-2-12-21-18/h1-12,22H,13H2,(H,23,24). The Labute approximate surface area is 149 Å². The number of halogens is 1. The Morgan fingerprint density at radius 2 is 1.62 bits per heavy atom. The summed E-state index contributed by atoms with van der Waals surface area (Å²) in [6, 6.07) is 20.7. The van der Waals surface area contributed by atoms with E-state index >= 15 is 0 Å². The first kappa shape index (κ1) is 16.2. The number of hydrogen-bond donors (Lipinski definition) is 2. The molecule has 1 amide bonds. The second-order valence-corrected chi connectivity index (χ2v) is 6.13. The maximum atomic E-state index is 12.2. The molecule has 1 aromatic heterocycles. The zero-order valence-corrected chi connectivity index (χ0v) is 14.5. The maximum absolute atomic E-state index is 12.2. The fraction of sp³-hybridized carbons (Fsp3) is 0.0526. The number of nitrogens with one attached hydrogen (secondary N) is 2. The topological polar surface area (TPSA) is 54.0 Å². The predicted molar refractivity (Wildman–Crippen MR) is 100 cm³/mol. The van der Waals surface area contributed by atoms with E-state index in [0.717, 1.165) is 21.5 Å². The monoisotopic (exact) mass is 381 g/mol. The van der Waals surface area contributed by atoms with Gasteiger partial charge in [-0.05, 0) is 60.7 Å². The Kier molecular flexibility index (Phi) is 5.23. The molecule has 0 aliphatic rings. The summed E-state index contributed by atoms with van der Waals surface area (Å²) in [5, 5.41) is 6.18. The Bertz CT molecular complexity index is 802. The highest BCUT2D eigenvalue weighted by atomic mass is 79.9. The van der Waals surface area contributed by atoms with E-state index < -0.39 is 0 Å². The lowest BCUT2D eigenvalue weighted by atomic mass is 10.2. The number of nitrogens with zero attached hydrogens (tertiary/aromatic N) is 1. The quantitative estimate of drug-likeness (QED) is 0.672. The van der Waals surface area contributed by atoms with Crippen molar-refractivity contribution >= 4 is 33.2 Å².